The molecule has 13 heteroatoms. The maximum absolute atomic E-state index is 13.4. The predicted octanol–water partition coefficient (Wildman–Crippen LogP) is 3.47. The van der Waals surface area contributed by atoms with Gasteiger partial charge in [0.15, 0.2) is 23.0 Å². The smallest absolute Gasteiger partial charge is 0.310 e. The van der Waals surface area contributed by atoms with Crippen LogP contribution in [0.2, 0.25) is 0 Å². The van der Waals surface area contributed by atoms with Gasteiger partial charge in [-0.3, -0.25) is 9.59 Å². The van der Waals surface area contributed by atoms with Crippen LogP contribution in [0.4, 0.5) is 0 Å². The molecule has 4 atom stereocenters. The lowest BCUT2D eigenvalue weighted by molar-refractivity contribution is -0.141. The van der Waals surface area contributed by atoms with Crippen LogP contribution in [-0.4, -0.2) is 90.4 Å². The molecule has 1 aliphatic carbocycles. The summed E-state index contributed by atoms with van der Waals surface area (Å²) in [6, 6.07) is 6.79. The van der Waals surface area contributed by atoms with Crippen LogP contribution in [0.3, 0.4) is 0 Å². The van der Waals surface area contributed by atoms with E-state index in [1.54, 1.807) is 12.1 Å². The Kier molecular flexibility index (Phi) is 14.9. The van der Waals surface area contributed by atoms with Crippen LogP contribution >= 0.6 is 0 Å². The summed E-state index contributed by atoms with van der Waals surface area (Å²) in [6.07, 6.45) is 8.91. The number of unbranched alkanes of at least 4 members (excludes halogenated alkanes) is 4. The number of carbonyl (C=O) groups is 2. The van der Waals surface area contributed by atoms with Crippen molar-refractivity contribution in [2.45, 2.75) is 69.7 Å². The number of carbonyl (C=O) groups excluding carboxylic acids is 2. The summed E-state index contributed by atoms with van der Waals surface area (Å²) in [5.41, 5.74) is 7.91. The first-order chi connectivity index (χ1) is 25.0. The number of benzene rings is 2. The van der Waals surface area contributed by atoms with E-state index in [2.05, 4.69) is 21.3 Å². The van der Waals surface area contributed by atoms with Crippen molar-refractivity contribution >= 4 is 11.9 Å². The number of hydrogen-bond acceptors (Lipinski definition) is 12. The highest BCUT2D eigenvalue weighted by molar-refractivity contribution is 5.81. The summed E-state index contributed by atoms with van der Waals surface area (Å²) in [6.45, 7) is 7.11. The molecule has 1 fully saturated rings. The number of esters is 1. The van der Waals surface area contributed by atoms with Gasteiger partial charge in [-0.15, -0.1) is 0 Å². The number of rotatable bonds is 23. The Morgan fingerprint density at radius 1 is 0.784 bits per heavy atom. The molecule has 5 rings (SSSR count). The number of fused-ring (bicyclic) bond motifs is 3. The molecule has 2 heterocycles. The lowest BCUT2D eigenvalue weighted by Crippen LogP contribution is -2.42. The summed E-state index contributed by atoms with van der Waals surface area (Å²) in [4.78, 5) is 26.7. The maximum Gasteiger partial charge on any atom is 0.310 e. The van der Waals surface area contributed by atoms with Crippen LogP contribution in [-0.2, 0) is 14.3 Å². The van der Waals surface area contributed by atoms with Gasteiger partial charge in [0.1, 0.15) is 0 Å². The molecule has 7 N–H and O–H groups in total. The highest BCUT2D eigenvalue weighted by atomic mass is 16.7. The minimum atomic E-state index is -0.583. The third kappa shape index (κ3) is 9.97. The first-order valence-corrected chi connectivity index (χ1v) is 18.6. The molecule has 0 saturated carbocycles. The SMILES string of the molecule is COc1cc(C2c3cc4c(cc3C(NC(=O)CCCCNCCCCNCCCCNCCCCN)C3COC(=O)C23)OCO4)cc(OC)c1O. The Balaban J connectivity index is 1.09. The van der Waals surface area contributed by atoms with E-state index in [9.17, 15) is 14.7 Å². The van der Waals surface area contributed by atoms with Gasteiger partial charge in [-0.1, -0.05) is 0 Å². The van der Waals surface area contributed by atoms with Crippen LogP contribution in [0.25, 0.3) is 0 Å². The topological polar surface area (TPSA) is 175 Å². The number of ether oxygens (including phenoxy) is 5. The molecule has 13 nitrogen and oxygen atoms in total. The molecular weight excluding hydrogens is 654 g/mol. The van der Waals surface area contributed by atoms with Crippen molar-refractivity contribution in [1.29, 1.82) is 0 Å². The molecule has 0 radical (unpaired) electrons. The molecule has 4 unspecified atom stereocenters. The van der Waals surface area contributed by atoms with Gasteiger partial charge in [0, 0.05) is 18.3 Å². The molecule has 2 aromatic rings. The number of phenols is 1. The number of phenolic OH excluding ortho intramolecular Hbond substituents is 1. The second-order valence-electron chi connectivity index (χ2n) is 13.6. The largest absolute Gasteiger partial charge is 0.502 e. The summed E-state index contributed by atoms with van der Waals surface area (Å²) in [5, 5.41) is 24.4. The Morgan fingerprint density at radius 3 is 1.86 bits per heavy atom. The summed E-state index contributed by atoms with van der Waals surface area (Å²) in [7, 11) is 2.93. The molecule has 3 aliphatic rings. The van der Waals surface area contributed by atoms with Crippen molar-refractivity contribution in [3.05, 3.63) is 41.0 Å². The Hall–Kier alpha value is -3.78. The fourth-order valence-corrected chi connectivity index (χ4v) is 7.39. The predicted molar refractivity (Wildman–Crippen MR) is 194 cm³/mol. The van der Waals surface area contributed by atoms with Gasteiger partial charge in [-0.05, 0) is 138 Å². The Bertz CT molecular complexity index is 1420. The Morgan fingerprint density at radius 2 is 1.31 bits per heavy atom. The molecule has 1 saturated heterocycles. The van der Waals surface area contributed by atoms with Crippen molar-refractivity contribution < 1.29 is 38.4 Å². The molecule has 0 bridgehead atoms. The fourth-order valence-electron chi connectivity index (χ4n) is 7.39. The van der Waals surface area contributed by atoms with E-state index in [4.69, 9.17) is 29.4 Å². The van der Waals surface area contributed by atoms with Gasteiger partial charge in [0.25, 0.3) is 0 Å². The standard InChI is InChI=1S/C38H57N5O8/c1-47-31-19-25(20-32(48-2)37(31)45)34-26-21-29-30(51-24-50-29)22-27(26)36(28-23-49-38(46)35(28)34)43-33(44)11-3-5-13-40-15-7-9-17-42-18-10-8-16-41-14-6-4-12-39/h19-22,28,34-36,40-42,45H,3-18,23-24,39H2,1-2H3,(H,43,44). The first-order valence-electron chi connectivity index (χ1n) is 18.6. The van der Waals surface area contributed by atoms with Gasteiger partial charge in [-0.2, -0.15) is 0 Å². The van der Waals surface area contributed by atoms with E-state index in [0.29, 0.717) is 17.9 Å². The van der Waals surface area contributed by atoms with Crippen molar-refractivity contribution in [3.8, 4) is 28.7 Å². The van der Waals surface area contributed by atoms with Crippen LogP contribution < -0.4 is 45.9 Å². The minimum absolute atomic E-state index is 0.0680. The quantitative estimate of drug-likeness (QED) is 0.0733. The molecule has 0 aromatic heterocycles. The third-order valence-corrected chi connectivity index (χ3v) is 10.1. The van der Waals surface area contributed by atoms with Crippen LogP contribution in [0, 0.1) is 11.8 Å². The monoisotopic (exact) mass is 711 g/mol. The number of hydrogen-bond donors (Lipinski definition) is 6. The maximum atomic E-state index is 13.4. The molecule has 1 amide bonds. The zero-order chi connectivity index (χ0) is 36.0. The number of aromatic hydroxyl groups is 1. The van der Waals surface area contributed by atoms with Gasteiger partial charge in [-0.25, -0.2) is 0 Å². The molecule has 282 valence electrons. The van der Waals surface area contributed by atoms with Crippen LogP contribution in [0.15, 0.2) is 24.3 Å². The normalized spacial score (nSPS) is 20.1. The second-order valence-corrected chi connectivity index (χ2v) is 13.6. The molecule has 2 aliphatic heterocycles. The average Bonchev–Trinajstić information content (AvgIpc) is 3.76. The molecule has 2 aromatic carbocycles. The summed E-state index contributed by atoms with van der Waals surface area (Å²) >= 11 is 0. The lowest BCUT2D eigenvalue weighted by atomic mass is 9.65. The van der Waals surface area contributed by atoms with E-state index in [0.717, 1.165) is 101 Å². The zero-order valence-electron chi connectivity index (χ0n) is 30.2. The number of methoxy groups -OCH3 is 2. The number of cyclic esters (lactones) is 1. The fraction of sp³-hybridized carbons (Fsp3) is 0.632. The van der Waals surface area contributed by atoms with Gasteiger partial charge < -0.3 is 55.8 Å². The molecule has 51 heavy (non-hydrogen) atoms. The number of nitrogens with two attached hydrogens (primary N) is 1. The van der Waals surface area contributed by atoms with Crippen LogP contribution in [0.1, 0.15) is 86.4 Å². The summed E-state index contributed by atoms with van der Waals surface area (Å²) < 4.78 is 28.0. The van der Waals surface area contributed by atoms with Crippen molar-refractivity contribution in [3.63, 3.8) is 0 Å². The van der Waals surface area contributed by atoms with Crippen molar-refractivity contribution in [2.75, 3.05) is 73.4 Å². The third-order valence-electron chi connectivity index (χ3n) is 10.1. The van der Waals surface area contributed by atoms with E-state index in [1.165, 1.54) is 27.1 Å². The van der Waals surface area contributed by atoms with Crippen molar-refractivity contribution in [2.24, 2.45) is 17.6 Å². The second kappa shape index (κ2) is 19.7. The molecule has 0 spiro atoms. The van der Waals surface area contributed by atoms with Gasteiger partial charge in [0.05, 0.1) is 32.8 Å². The van der Waals surface area contributed by atoms with Gasteiger partial charge in [0.2, 0.25) is 18.4 Å². The van der Waals surface area contributed by atoms with Crippen LogP contribution in [0.5, 0.6) is 28.7 Å². The molecular formula is C38H57N5O8. The average molecular weight is 712 g/mol. The van der Waals surface area contributed by atoms with E-state index in [1.807, 2.05) is 12.1 Å². The lowest BCUT2D eigenvalue weighted by Gasteiger charge is -2.39. The highest BCUT2D eigenvalue weighted by Crippen LogP contribution is 2.55. The zero-order valence-corrected chi connectivity index (χ0v) is 30.2. The summed E-state index contributed by atoms with van der Waals surface area (Å²) in [5.74, 6) is -0.246. The first kappa shape index (κ1) is 38.5. The van der Waals surface area contributed by atoms with E-state index in [-0.39, 0.29) is 48.4 Å². The number of nitrogens with one attached hydrogen (secondary N) is 4. The highest BCUT2D eigenvalue weighted by Gasteiger charge is 2.53. The van der Waals surface area contributed by atoms with Gasteiger partial charge >= 0.3 is 5.97 Å². The van der Waals surface area contributed by atoms with E-state index < -0.39 is 17.9 Å². The van der Waals surface area contributed by atoms with Crippen molar-refractivity contribution in [1.82, 2.24) is 21.3 Å². The number of amides is 1. The Labute approximate surface area is 301 Å². The van der Waals surface area contributed by atoms with E-state index >= 15 is 0 Å². The minimum Gasteiger partial charge on any atom is -0.502 e.